The molecular weight excluding hydrogens is 396 g/mol. The molecule has 0 radical (unpaired) electrons. The van der Waals surface area contributed by atoms with E-state index in [1.165, 1.54) is 11.3 Å². The van der Waals surface area contributed by atoms with Crippen molar-refractivity contribution < 1.29 is 13.2 Å². The Morgan fingerprint density at radius 1 is 1.29 bits per heavy atom. The van der Waals surface area contributed by atoms with Gasteiger partial charge in [-0.25, -0.2) is 13.1 Å². The van der Waals surface area contributed by atoms with Gasteiger partial charge < -0.3 is 0 Å². The van der Waals surface area contributed by atoms with Crippen LogP contribution in [0.4, 0.5) is 0 Å². The first-order chi connectivity index (χ1) is 13.3. The zero-order chi connectivity index (χ0) is 19.7. The first kappa shape index (κ1) is 18.0. The molecule has 0 spiro atoms. The van der Waals surface area contributed by atoms with Gasteiger partial charge in [0.05, 0.1) is 10.4 Å². The first-order valence-corrected chi connectivity index (χ1v) is 11.6. The van der Waals surface area contributed by atoms with E-state index in [-0.39, 0.29) is 22.1 Å². The number of carbonyl (C=O) groups is 1. The topological polar surface area (TPSA) is 93.9 Å². The second-order valence-electron chi connectivity index (χ2n) is 8.00. The third-order valence-electron chi connectivity index (χ3n) is 5.40. The summed E-state index contributed by atoms with van der Waals surface area (Å²) in [7, 11) is -3.64. The molecule has 9 heteroatoms. The largest absolute Gasteiger partial charge is 0.294 e. The normalized spacial score (nSPS) is 18.5. The number of Topliss-reactive ketones (excluding diaryl/α,β-unsaturated/α-hetero) is 1. The number of aromatic nitrogens is 3. The summed E-state index contributed by atoms with van der Waals surface area (Å²) >= 11 is 1.40. The zero-order valence-electron chi connectivity index (χ0n) is 15.6. The predicted octanol–water partition coefficient (Wildman–Crippen LogP) is 3.21. The highest BCUT2D eigenvalue weighted by Gasteiger charge is 2.41. The number of carbonyl (C=O) groups excluding carboxylic acids is 1. The Bertz CT molecular complexity index is 1220. The molecule has 3 aromatic rings. The molecule has 2 heterocycles. The minimum atomic E-state index is -3.64. The molecule has 146 valence electrons. The van der Waals surface area contributed by atoms with Crippen LogP contribution in [0, 0.1) is 12.8 Å². The Morgan fingerprint density at radius 2 is 2.04 bits per heavy atom. The molecule has 7 nitrogen and oxygen atoms in total. The number of sulfonamides is 1. The van der Waals surface area contributed by atoms with Gasteiger partial charge in [-0.15, -0.1) is 10.2 Å². The van der Waals surface area contributed by atoms with Gasteiger partial charge in [0.15, 0.2) is 5.78 Å². The highest BCUT2D eigenvalue weighted by atomic mass is 32.2. The molecule has 0 saturated heterocycles. The van der Waals surface area contributed by atoms with E-state index in [0.29, 0.717) is 16.2 Å². The van der Waals surface area contributed by atoms with Crippen LogP contribution in [0.15, 0.2) is 29.3 Å². The minimum absolute atomic E-state index is 0.0788. The molecule has 2 aromatic heterocycles. The van der Waals surface area contributed by atoms with Crippen LogP contribution in [0.1, 0.15) is 48.0 Å². The minimum Gasteiger partial charge on any atom is -0.294 e. The number of ketones is 1. The third-order valence-corrected chi connectivity index (χ3v) is 7.88. The van der Waals surface area contributed by atoms with Crippen LogP contribution in [0.25, 0.3) is 16.0 Å². The summed E-state index contributed by atoms with van der Waals surface area (Å²) in [5, 5.41) is 10.4. The molecule has 0 bridgehead atoms. The highest BCUT2D eigenvalue weighted by Crippen LogP contribution is 2.38. The summed E-state index contributed by atoms with van der Waals surface area (Å²) in [6, 6.07) is 4.94. The molecule has 2 fully saturated rings. The van der Waals surface area contributed by atoms with Gasteiger partial charge >= 0.3 is 0 Å². The number of hydrogen-bond acceptors (Lipinski definition) is 6. The van der Waals surface area contributed by atoms with Crippen molar-refractivity contribution in [2.75, 3.05) is 0 Å². The van der Waals surface area contributed by atoms with Crippen LogP contribution in [-0.2, 0) is 10.0 Å². The van der Waals surface area contributed by atoms with E-state index >= 15 is 0 Å². The second kappa shape index (κ2) is 5.95. The molecule has 0 unspecified atom stereocenters. The van der Waals surface area contributed by atoms with Crippen LogP contribution in [0.5, 0.6) is 0 Å². The number of benzene rings is 1. The van der Waals surface area contributed by atoms with Crippen molar-refractivity contribution >= 4 is 38.0 Å². The van der Waals surface area contributed by atoms with Crippen molar-refractivity contribution in [3.8, 4) is 5.13 Å². The van der Waals surface area contributed by atoms with Crippen LogP contribution in [0.3, 0.4) is 0 Å². The lowest BCUT2D eigenvalue weighted by atomic mass is 10.1. The number of rotatable bonds is 6. The molecule has 28 heavy (non-hydrogen) atoms. The van der Waals surface area contributed by atoms with E-state index < -0.39 is 10.0 Å². The summed E-state index contributed by atoms with van der Waals surface area (Å²) in [6.07, 6.45) is 5.29. The van der Waals surface area contributed by atoms with Crippen molar-refractivity contribution in [2.24, 2.45) is 5.92 Å². The molecule has 2 aliphatic rings. The number of hydrogen-bond donors (Lipinski definition) is 1. The third kappa shape index (κ3) is 3.07. The van der Waals surface area contributed by atoms with E-state index in [0.717, 1.165) is 36.1 Å². The molecule has 2 saturated carbocycles. The van der Waals surface area contributed by atoms with Gasteiger partial charge in [0.1, 0.15) is 5.01 Å². The number of nitrogens with zero attached hydrogens (tertiary/aromatic N) is 3. The monoisotopic (exact) mass is 416 g/mol. The van der Waals surface area contributed by atoms with Crippen molar-refractivity contribution in [1.82, 2.24) is 19.5 Å². The Balaban J connectivity index is 1.67. The number of nitrogens with one attached hydrogen (secondary N) is 1. The summed E-state index contributed by atoms with van der Waals surface area (Å²) < 4.78 is 30.2. The van der Waals surface area contributed by atoms with Gasteiger partial charge in [0.2, 0.25) is 15.2 Å². The smallest absolute Gasteiger partial charge is 0.241 e. The fourth-order valence-electron chi connectivity index (χ4n) is 3.35. The van der Waals surface area contributed by atoms with Crippen molar-refractivity contribution in [3.63, 3.8) is 0 Å². The standard InChI is InChI=1S/C19H20N4O3S2/c1-11-20-21-18(27-11)23-10-15(17(24)12-3-4-12)14-6-5-13(9-16(14)23)28(25,26)22-19(2)7-8-19/h5-6,9-10,12,22H,3-4,7-8H2,1-2H3. The zero-order valence-corrected chi connectivity index (χ0v) is 17.2. The van der Waals surface area contributed by atoms with Crippen molar-refractivity contribution in [3.05, 3.63) is 35.0 Å². The summed E-state index contributed by atoms with van der Waals surface area (Å²) in [6.45, 7) is 3.77. The van der Waals surface area contributed by atoms with Gasteiger partial charge in [-0.3, -0.25) is 9.36 Å². The maximum absolute atomic E-state index is 12.8. The van der Waals surface area contributed by atoms with Gasteiger partial charge in [0.25, 0.3) is 0 Å². The summed E-state index contributed by atoms with van der Waals surface area (Å²) in [4.78, 5) is 13.0. The maximum Gasteiger partial charge on any atom is 0.241 e. The van der Waals surface area contributed by atoms with Gasteiger partial charge in [0, 0.05) is 28.6 Å². The molecule has 0 atom stereocenters. The Morgan fingerprint density at radius 3 is 2.64 bits per heavy atom. The van der Waals surface area contributed by atoms with Crippen LogP contribution in [-0.4, -0.2) is 34.5 Å². The fourth-order valence-corrected chi connectivity index (χ4v) is 5.51. The van der Waals surface area contributed by atoms with E-state index in [2.05, 4.69) is 14.9 Å². The highest BCUT2D eigenvalue weighted by molar-refractivity contribution is 7.89. The fraction of sp³-hybridized carbons (Fsp3) is 0.421. The lowest BCUT2D eigenvalue weighted by Gasteiger charge is -2.12. The predicted molar refractivity (Wildman–Crippen MR) is 106 cm³/mol. The van der Waals surface area contributed by atoms with E-state index in [1.807, 2.05) is 13.8 Å². The van der Waals surface area contributed by atoms with Crippen LogP contribution >= 0.6 is 11.3 Å². The number of fused-ring (bicyclic) bond motifs is 1. The molecule has 5 rings (SSSR count). The molecular formula is C19H20N4O3S2. The van der Waals surface area contributed by atoms with Crippen molar-refractivity contribution in [1.29, 1.82) is 0 Å². The Labute approximate surface area is 166 Å². The quantitative estimate of drug-likeness (QED) is 0.623. The first-order valence-electron chi connectivity index (χ1n) is 9.30. The Hall–Kier alpha value is -2.10. The maximum atomic E-state index is 12.8. The summed E-state index contributed by atoms with van der Waals surface area (Å²) in [5.41, 5.74) is 0.930. The van der Waals surface area contributed by atoms with Gasteiger partial charge in [-0.05, 0) is 51.7 Å². The molecule has 2 aliphatic carbocycles. The summed E-state index contributed by atoms with van der Waals surface area (Å²) in [5.74, 6) is 0.194. The molecule has 1 aromatic carbocycles. The van der Waals surface area contributed by atoms with Crippen LogP contribution in [0.2, 0.25) is 0 Å². The molecule has 0 aliphatic heterocycles. The lowest BCUT2D eigenvalue weighted by Crippen LogP contribution is -2.34. The van der Waals surface area contributed by atoms with Crippen molar-refractivity contribution in [2.45, 2.75) is 50.0 Å². The lowest BCUT2D eigenvalue weighted by molar-refractivity contribution is 0.0969. The number of aryl methyl sites for hydroxylation is 1. The Kier molecular flexibility index (Phi) is 3.82. The van der Waals surface area contributed by atoms with Gasteiger partial charge in [-0.1, -0.05) is 17.4 Å². The van der Waals surface area contributed by atoms with E-state index in [4.69, 9.17) is 0 Å². The van der Waals surface area contributed by atoms with Crippen LogP contribution < -0.4 is 4.72 Å². The van der Waals surface area contributed by atoms with Gasteiger partial charge in [-0.2, -0.15) is 0 Å². The average Bonchev–Trinajstić information content (AvgIpc) is 3.54. The van der Waals surface area contributed by atoms with E-state index in [9.17, 15) is 13.2 Å². The average molecular weight is 417 g/mol. The molecule has 1 N–H and O–H groups in total. The van der Waals surface area contributed by atoms with E-state index in [1.54, 1.807) is 29.0 Å². The second-order valence-corrected chi connectivity index (χ2v) is 10.8. The SMILES string of the molecule is Cc1nnc(-n2cc(C(=O)C3CC3)c3ccc(S(=O)(=O)NC4(C)CC4)cc32)s1. The molecule has 0 amide bonds.